The van der Waals surface area contributed by atoms with Crippen molar-refractivity contribution in [3.63, 3.8) is 0 Å². The topological polar surface area (TPSA) is 66.8 Å². The Kier molecular flexibility index (Phi) is 7.63. The number of hydrogen-bond acceptors (Lipinski definition) is 4. The highest BCUT2D eigenvalue weighted by atomic mass is 16.5. The van der Waals surface area contributed by atoms with Gasteiger partial charge in [0.05, 0.1) is 6.61 Å². The van der Waals surface area contributed by atoms with Gasteiger partial charge < -0.3 is 14.9 Å². The number of carbonyl (C=O) groups is 1. The minimum Gasteiger partial charge on any atom is -0.466 e. The van der Waals surface area contributed by atoms with E-state index in [1.165, 1.54) is 6.92 Å². The van der Waals surface area contributed by atoms with Gasteiger partial charge in [-0.2, -0.15) is 0 Å². The van der Waals surface area contributed by atoms with E-state index in [1.807, 2.05) is 0 Å². The Hall–Kier alpha value is -0.610. The number of unbranched alkanes of at least 4 members (excludes halogenated alkanes) is 1. The van der Waals surface area contributed by atoms with E-state index in [1.54, 1.807) is 0 Å². The van der Waals surface area contributed by atoms with Crippen LogP contribution in [0.2, 0.25) is 0 Å². The van der Waals surface area contributed by atoms with Gasteiger partial charge in [-0.1, -0.05) is 0 Å². The summed E-state index contributed by atoms with van der Waals surface area (Å²) in [5, 5.41) is 17.5. The molecule has 2 N–H and O–H groups in total. The minimum absolute atomic E-state index is 0.0179. The SMILES string of the molecule is CC(=O)OCCCCC(CO)CO. The largest absolute Gasteiger partial charge is 0.466 e. The Morgan fingerprint density at radius 2 is 1.92 bits per heavy atom. The van der Waals surface area contributed by atoms with Gasteiger partial charge in [0.1, 0.15) is 0 Å². The lowest BCUT2D eigenvalue weighted by Gasteiger charge is -2.09. The second-order valence-electron chi connectivity index (χ2n) is 3.07. The van der Waals surface area contributed by atoms with Crippen LogP contribution >= 0.6 is 0 Å². The van der Waals surface area contributed by atoms with Gasteiger partial charge in [-0.05, 0) is 19.3 Å². The average Bonchev–Trinajstić information content (AvgIpc) is 2.11. The Morgan fingerprint density at radius 1 is 1.31 bits per heavy atom. The van der Waals surface area contributed by atoms with Crippen LogP contribution in [0.3, 0.4) is 0 Å². The molecule has 0 amide bonds. The zero-order valence-electron chi connectivity index (χ0n) is 8.03. The molecule has 0 aliphatic rings. The number of esters is 1. The maximum absolute atomic E-state index is 10.4. The third-order valence-corrected chi connectivity index (χ3v) is 1.83. The highest BCUT2D eigenvalue weighted by Gasteiger charge is 2.04. The van der Waals surface area contributed by atoms with Crippen LogP contribution in [0.15, 0.2) is 0 Å². The molecule has 0 bridgehead atoms. The van der Waals surface area contributed by atoms with E-state index >= 15 is 0 Å². The molecule has 0 radical (unpaired) electrons. The molecule has 78 valence electrons. The lowest BCUT2D eigenvalue weighted by Crippen LogP contribution is -2.11. The van der Waals surface area contributed by atoms with Crippen LogP contribution in [-0.4, -0.2) is 36.0 Å². The van der Waals surface area contributed by atoms with Gasteiger partial charge in [-0.3, -0.25) is 4.79 Å². The van der Waals surface area contributed by atoms with Crippen LogP contribution in [0.25, 0.3) is 0 Å². The summed E-state index contributed by atoms with van der Waals surface area (Å²) >= 11 is 0. The summed E-state index contributed by atoms with van der Waals surface area (Å²) in [6.07, 6.45) is 2.42. The first kappa shape index (κ1) is 12.4. The Labute approximate surface area is 78.5 Å². The van der Waals surface area contributed by atoms with Gasteiger partial charge >= 0.3 is 5.97 Å². The summed E-state index contributed by atoms with van der Waals surface area (Å²) in [4.78, 5) is 10.4. The monoisotopic (exact) mass is 190 g/mol. The predicted octanol–water partition coefficient (Wildman–Crippen LogP) is 0.321. The van der Waals surface area contributed by atoms with Gasteiger partial charge in [0.2, 0.25) is 0 Å². The molecule has 0 atom stereocenters. The molecule has 4 nitrogen and oxygen atoms in total. The van der Waals surface area contributed by atoms with Crippen LogP contribution < -0.4 is 0 Å². The van der Waals surface area contributed by atoms with E-state index in [0.29, 0.717) is 6.61 Å². The highest BCUT2D eigenvalue weighted by Crippen LogP contribution is 2.06. The summed E-state index contributed by atoms with van der Waals surface area (Å²) in [6.45, 7) is 1.84. The van der Waals surface area contributed by atoms with E-state index in [0.717, 1.165) is 19.3 Å². The van der Waals surface area contributed by atoms with Gasteiger partial charge in [0, 0.05) is 26.1 Å². The van der Waals surface area contributed by atoms with Crippen molar-refractivity contribution in [3.05, 3.63) is 0 Å². The normalized spacial score (nSPS) is 10.5. The number of ether oxygens (including phenoxy) is 1. The summed E-state index contributed by atoms with van der Waals surface area (Å²) in [6, 6.07) is 0. The van der Waals surface area contributed by atoms with Gasteiger partial charge in [0.25, 0.3) is 0 Å². The number of rotatable bonds is 7. The van der Waals surface area contributed by atoms with Gasteiger partial charge in [-0.15, -0.1) is 0 Å². The molecule has 0 aromatic rings. The van der Waals surface area contributed by atoms with Crippen LogP contribution in [0.4, 0.5) is 0 Å². The first-order chi connectivity index (χ1) is 6.20. The predicted molar refractivity (Wildman–Crippen MR) is 48.1 cm³/mol. The van der Waals surface area contributed by atoms with Crippen LogP contribution in [0.5, 0.6) is 0 Å². The second kappa shape index (κ2) is 8.01. The fraction of sp³-hybridized carbons (Fsp3) is 0.889. The quantitative estimate of drug-likeness (QED) is 0.448. The third-order valence-electron chi connectivity index (χ3n) is 1.83. The number of carbonyl (C=O) groups excluding carboxylic acids is 1. The molecule has 13 heavy (non-hydrogen) atoms. The fourth-order valence-corrected chi connectivity index (χ4v) is 0.991. The van der Waals surface area contributed by atoms with Crippen LogP contribution in [0, 0.1) is 5.92 Å². The van der Waals surface area contributed by atoms with E-state index in [4.69, 9.17) is 14.9 Å². The molecule has 0 aliphatic heterocycles. The molecule has 0 spiro atoms. The zero-order valence-corrected chi connectivity index (χ0v) is 8.03. The Morgan fingerprint density at radius 3 is 2.38 bits per heavy atom. The highest BCUT2D eigenvalue weighted by molar-refractivity contribution is 5.65. The fourth-order valence-electron chi connectivity index (χ4n) is 0.991. The first-order valence-electron chi connectivity index (χ1n) is 4.55. The first-order valence-corrected chi connectivity index (χ1v) is 4.55. The molecule has 4 heteroatoms. The summed E-state index contributed by atoms with van der Waals surface area (Å²) in [5.74, 6) is -0.293. The van der Waals surface area contributed by atoms with Crippen molar-refractivity contribution in [2.45, 2.75) is 26.2 Å². The maximum Gasteiger partial charge on any atom is 0.302 e. The smallest absolute Gasteiger partial charge is 0.302 e. The van der Waals surface area contributed by atoms with Crippen molar-refractivity contribution in [1.82, 2.24) is 0 Å². The summed E-state index contributed by atoms with van der Waals surface area (Å²) < 4.78 is 4.73. The number of aliphatic hydroxyl groups is 2. The van der Waals surface area contributed by atoms with Crippen molar-refractivity contribution in [3.8, 4) is 0 Å². The van der Waals surface area contributed by atoms with E-state index < -0.39 is 0 Å². The molecule has 0 fully saturated rings. The lowest BCUT2D eigenvalue weighted by atomic mass is 10.0. The van der Waals surface area contributed by atoms with Crippen molar-refractivity contribution in [2.75, 3.05) is 19.8 Å². The second-order valence-corrected chi connectivity index (χ2v) is 3.07. The summed E-state index contributed by atoms with van der Waals surface area (Å²) in [7, 11) is 0. The standard InChI is InChI=1S/C9H18O4/c1-8(12)13-5-3-2-4-9(6-10)7-11/h9-11H,2-7H2,1H3. The lowest BCUT2D eigenvalue weighted by molar-refractivity contribution is -0.141. The van der Waals surface area contributed by atoms with E-state index in [9.17, 15) is 4.79 Å². The molecule has 0 aliphatic carbocycles. The molecular formula is C9H18O4. The van der Waals surface area contributed by atoms with Crippen molar-refractivity contribution < 1.29 is 19.7 Å². The average molecular weight is 190 g/mol. The molecular weight excluding hydrogens is 172 g/mol. The molecule has 0 aromatic heterocycles. The number of hydrogen-bond donors (Lipinski definition) is 2. The Balaban J connectivity index is 3.19. The van der Waals surface area contributed by atoms with Crippen molar-refractivity contribution >= 4 is 5.97 Å². The zero-order chi connectivity index (χ0) is 10.1. The van der Waals surface area contributed by atoms with Gasteiger partial charge in [-0.25, -0.2) is 0 Å². The maximum atomic E-state index is 10.4. The van der Waals surface area contributed by atoms with E-state index in [2.05, 4.69) is 0 Å². The molecule has 0 heterocycles. The van der Waals surface area contributed by atoms with E-state index in [-0.39, 0.29) is 25.1 Å². The molecule has 0 saturated heterocycles. The minimum atomic E-state index is -0.263. The van der Waals surface area contributed by atoms with Crippen molar-refractivity contribution in [1.29, 1.82) is 0 Å². The molecule has 0 rings (SSSR count). The van der Waals surface area contributed by atoms with Crippen LogP contribution in [0.1, 0.15) is 26.2 Å². The Bertz CT molecular complexity index is 132. The van der Waals surface area contributed by atoms with Gasteiger partial charge in [0.15, 0.2) is 0 Å². The van der Waals surface area contributed by atoms with Crippen LogP contribution in [-0.2, 0) is 9.53 Å². The molecule has 0 unspecified atom stereocenters. The number of aliphatic hydroxyl groups excluding tert-OH is 2. The summed E-state index contributed by atoms with van der Waals surface area (Å²) in [5.41, 5.74) is 0. The molecule has 0 saturated carbocycles. The van der Waals surface area contributed by atoms with Crippen molar-refractivity contribution in [2.24, 2.45) is 5.92 Å². The molecule has 0 aromatic carbocycles. The third kappa shape index (κ3) is 7.74.